The molecule has 5 nitrogen and oxygen atoms in total. The molecule has 0 amide bonds. The molecule has 0 saturated carbocycles. The molecule has 2 rings (SSSR count). The summed E-state index contributed by atoms with van der Waals surface area (Å²) in [7, 11) is 0. The quantitative estimate of drug-likeness (QED) is 0.292. The van der Waals surface area contributed by atoms with Gasteiger partial charge < -0.3 is 14.6 Å². The lowest BCUT2D eigenvalue weighted by Gasteiger charge is -2.05. The van der Waals surface area contributed by atoms with E-state index in [4.69, 9.17) is 14.6 Å². The van der Waals surface area contributed by atoms with Gasteiger partial charge in [0.2, 0.25) is 0 Å². The summed E-state index contributed by atoms with van der Waals surface area (Å²) in [4.78, 5) is 22.5. The number of esters is 1. The van der Waals surface area contributed by atoms with E-state index in [-0.39, 0.29) is 5.76 Å². The molecule has 0 aromatic heterocycles. The zero-order valence-electron chi connectivity index (χ0n) is 12.1. The van der Waals surface area contributed by atoms with Crippen molar-refractivity contribution in [3.8, 4) is 11.5 Å². The minimum Gasteiger partial charge on any atom is -0.478 e. The number of para-hydroxylation sites is 2. The van der Waals surface area contributed by atoms with Gasteiger partial charge in [0.15, 0.2) is 0 Å². The van der Waals surface area contributed by atoms with E-state index in [1.54, 1.807) is 60.7 Å². The highest BCUT2D eigenvalue weighted by Crippen LogP contribution is 2.14. The summed E-state index contributed by atoms with van der Waals surface area (Å²) in [6, 6.07) is 17.2. The fourth-order valence-electron chi connectivity index (χ4n) is 1.65. The minimum absolute atomic E-state index is 0.00807. The Morgan fingerprint density at radius 2 is 1.30 bits per heavy atom. The number of aliphatic carboxylic acids is 1. The van der Waals surface area contributed by atoms with Crippen LogP contribution in [0.15, 0.2) is 84.7 Å². The van der Waals surface area contributed by atoms with E-state index in [0.717, 1.165) is 12.2 Å². The second-order valence-corrected chi connectivity index (χ2v) is 4.37. The number of hydrogen-bond donors (Lipinski definition) is 1. The second-order valence-electron chi connectivity index (χ2n) is 4.37. The Hall–Kier alpha value is -3.34. The average molecular weight is 310 g/mol. The number of carboxylic acid groups (broad SMARTS) is 1. The van der Waals surface area contributed by atoms with Crippen LogP contribution in [0.1, 0.15) is 0 Å². The van der Waals surface area contributed by atoms with Crippen molar-refractivity contribution in [2.75, 3.05) is 0 Å². The van der Waals surface area contributed by atoms with E-state index in [9.17, 15) is 9.59 Å². The van der Waals surface area contributed by atoms with Gasteiger partial charge in [-0.15, -0.1) is 0 Å². The van der Waals surface area contributed by atoms with Crippen LogP contribution in [-0.4, -0.2) is 17.0 Å². The molecule has 0 atom stereocenters. The number of carbonyl (C=O) groups excluding carboxylic acids is 1. The van der Waals surface area contributed by atoms with Crippen molar-refractivity contribution >= 4 is 11.9 Å². The third-order valence-corrected chi connectivity index (χ3v) is 2.59. The normalized spacial score (nSPS) is 11.2. The van der Waals surface area contributed by atoms with Gasteiger partial charge in [-0.2, -0.15) is 0 Å². The highest BCUT2D eigenvalue weighted by molar-refractivity contribution is 5.85. The summed E-state index contributed by atoms with van der Waals surface area (Å²) in [5, 5.41) is 8.86. The standard InChI is InChI=1S/C18H14O5/c19-17(20)13-16(22-14-7-3-1-4-8-14)11-12-18(21)23-15-9-5-2-6-10-15/h1-13H,(H,19,20)/b12-11-,16-13+. The Kier molecular flexibility index (Phi) is 5.71. The first kappa shape index (κ1) is 16.0. The Morgan fingerprint density at radius 3 is 1.83 bits per heavy atom. The van der Waals surface area contributed by atoms with Crippen molar-refractivity contribution < 1.29 is 24.2 Å². The Labute approximate surface area is 133 Å². The molecule has 0 aliphatic carbocycles. The van der Waals surface area contributed by atoms with Crippen molar-refractivity contribution in [1.29, 1.82) is 0 Å². The Bertz CT molecular complexity index is 718. The zero-order valence-corrected chi connectivity index (χ0v) is 12.1. The van der Waals surface area contributed by atoms with Crippen LogP contribution in [-0.2, 0) is 9.59 Å². The van der Waals surface area contributed by atoms with Crippen LogP contribution in [0.2, 0.25) is 0 Å². The van der Waals surface area contributed by atoms with Gasteiger partial charge in [-0.3, -0.25) is 0 Å². The molecule has 0 radical (unpaired) electrons. The fourth-order valence-corrected chi connectivity index (χ4v) is 1.65. The molecular weight excluding hydrogens is 296 g/mol. The van der Waals surface area contributed by atoms with Crippen LogP contribution in [0.25, 0.3) is 0 Å². The maximum absolute atomic E-state index is 11.7. The van der Waals surface area contributed by atoms with E-state index in [2.05, 4.69) is 0 Å². The van der Waals surface area contributed by atoms with Crippen LogP contribution in [0, 0.1) is 0 Å². The molecule has 116 valence electrons. The summed E-state index contributed by atoms with van der Waals surface area (Å²) in [6.45, 7) is 0. The predicted molar refractivity (Wildman–Crippen MR) is 84.0 cm³/mol. The molecule has 0 saturated heterocycles. The fraction of sp³-hybridized carbons (Fsp3) is 0. The van der Waals surface area contributed by atoms with Crippen molar-refractivity contribution in [1.82, 2.24) is 0 Å². The maximum atomic E-state index is 11.7. The lowest BCUT2D eigenvalue weighted by molar-refractivity contribution is -0.132. The van der Waals surface area contributed by atoms with Crippen molar-refractivity contribution in [2.24, 2.45) is 0 Å². The van der Waals surface area contributed by atoms with Gasteiger partial charge in [0.05, 0.1) is 6.08 Å². The second kappa shape index (κ2) is 8.19. The van der Waals surface area contributed by atoms with Gasteiger partial charge in [-0.05, 0) is 30.3 Å². The number of carbonyl (C=O) groups is 2. The van der Waals surface area contributed by atoms with Gasteiger partial charge in [-0.1, -0.05) is 36.4 Å². The number of benzene rings is 2. The van der Waals surface area contributed by atoms with Crippen molar-refractivity contribution in [3.05, 3.63) is 84.7 Å². The van der Waals surface area contributed by atoms with Crippen LogP contribution in [0.5, 0.6) is 11.5 Å². The predicted octanol–water partition coefficient (Wildman–Crippen LogP) is 3.20. The molecule has 0 bridgehead atoms. The van der Waals surface area contributed by atoms with Crippen LogP contribution in [0.3, 0.4) is 0 Å². The van der Waals surface area contributed by atoms with Crippen LogP contribution < -0.4 is 9.47 Å². The third kappa shape index (κ3) is 5.89. The molecule has 0 fully saturated rings. The maximum Gasteiger partial charge on any atom is 0.336 e. The SMILES string of the molecule is O=C(O)/C=C(\C=C/C(=O)Oc1ccccc1)Oc1ccccc1. The summed E-state index contributed by atoms with van der Waals surface area (Å²) in [5.41, 5.74) is 0. The first-order valence-electron chi connectivity index (χ1n) is 6.76. The van der Waals surface area contributed by atoms with Crippen molar-refractivity contribution in [3.63, 3.8) is 0 Å². The largest absolute Gasteiger partial charge is 0.478 e. The monoisotopic (exact) mass is 310 g/mol. The summed E-state index contributed by atoms with van der Waals surface area (Å²) in [5.74, 6) is -0.953. The van der Waals surface area contributed by atoms with Crippen LogP contribution >= 0.6 is 0 Å². The van der Waals surface area contributed by atoms with E-state index in [1.807, 2.05) is 0 Å². The molecule has 2 aromatic carbocycles. The molecule has 0 aliphatic heterocycles. The molecule has 23 heavy (non-hydrogen) atoms. The van der Waals surface area contributed by atoms with E-state index in [0.29, 0.717) is 11.5 Å². The number of allylic oxidation sites excluding steroid dienone is 1. The first-order chi connectivity index (χ1) is 11.1. The first-order valence-corrected chi connectivity index (χ1v) is 6.76. The third-order valence-electron chi connectivity index (χ3n) is 2.59. The van der Waals surface area contributed by atoms with Crippen LogP contribution in [0.4, 0.5) is 0 Å². The van der Waals surface area contributed by atoms with E-state index in [1.165, 1.54) is 6.08 Å². The molecule has 5 heteroatoms. The molecule has 0 aliphatic rings. The molecule has 0 heterocycles. The van der Waals surface area contributed by atoms with Gasteiger partial charge in [0, 0.05) is 6.08 Å². The van der Waals surface area contributed by atoms with Gasteiger partial charge >= 0.3 is 11.9 Å². The van der Waals surface area contributed by atoms with Crippen molar-refractivity contribution in [2.45, 2.75) is 0 Å². The highest BCUT2D eigenvalue weighted by atomic mass is 16.5. The van der Waals surface area contributed by atoms with E-state index < -0.39 is 11.9 Å². The molecule has 1 N–H and O–H groups in total. The topological polar surface area (TPSA) is 72.8 Å². The number of rotatable bonds is 6. The zero-order chi connectivity index (χ0) is 16.5. The summed E-state index contributed by atoms with van der Waals surface area (Å²) < 4.78 is 10.5. The molecule has 0 unspecified atom stereocenters. The Balaban J connectivity index is 2.05. The summed E-state index contributed by atoms with van der Waals surface area (Å²) >= 11 is 0. The number of carboxylic acids is 1. The average Bonchev–Trinajstić information content (AvgIpc) is 2.54. The number of hydrogen-bond acceptors (Lipinski definition) is 4. The molecule has 0 spiro atoms. The summed E-state index contributed by atoms with van der Waals surface area (Å²) in [6.07, 6.45) is 3.20. The van der Waals surface area contributed by atoms with E-state index >= 15 is 0 Å². The lowest BCUT2D eigenvalue weighted by atomic mass is 10.3. The lowest BCUT2D eigenvalue weighted by Crippen LogP contribution is -2.05. The minimum atomic E-state index is -1.18. The van der Waals surface area contributed by atoms with Gasteiger partial charge in [0.1, 0.15) is 17.3 Å². The Morgan fingerprint density at radius 1 is 0.783 bits per heavy atom. The molecule has 2 aromatic rings. The smallest absolute Gasteiger partial charge is 0.336 e. The van der Waals surface area contributed by atoms with Gasteiger partial charge in [0.25, 0.3) is 0 Å². The van der Waals surface area contributed by atoms with Gasteiger partial charge in [-0.25, -0.2) is 9.59 Å². The number of ether oxygens (including phenoxy) is 2. The molecular formula is C18H14O5. The highest BCUT2D eigenvalue weighted by Gasteiger charge is 2.04.